The predicted octanol–water partition coefficient (Wildman–Crippen LogP) is 1.95. The van der Waals surface area contributed by atoms with Gasteiger partial charge in [-0.15, -0.1) is 0 Å². The van der Waals surface area contributed by atoms with Crippen LogP contribution in [0.2, 0.25) is 0 Å². The van der Waals surface area contributed by atoms with Gasteiger partial charge in [0.15, 0.2) is 0 Å². The summed E-state index contributed by atoms with van der Waals surface area (Å²) >= 11 is 0. The molecule has 0 aliphatic heterocycles. The van der Waals surface area contributed by atoms with Crippen molar-refractivity contribution in [1.29, 1.82) is 0 Å². The summed E-state index contributed by atoms with van der Waals surface area (Å²) in [6, 6.07) is 6.41. The normalized spacial score (nSPS) is 11.4. The van der Waals surface area contributed by atoms with Gasteiger partial charge in [0.2, 0.25) is 0 Å². The number of ketones is 1. The maximum Gasteiger partial charge on any atom is 0.143 e. The number of aryl methyl sites for hydroxylation is 2. The Morgan fingerprint density at radius 1 is 1.42 bits per heavy atom. The molecule has 0 spiro atoms. The first-order chi connectivity index (χ1) is 8.97. The van der Waals surface area contributed by atoms with E-state index in [0.717, 1.165) is 24.3 Å². The lowest BCUT2D eigenvalue weighted by atomic mass is 10.1. The van der Waals surface area contributed by atoms with Crippen molar-refractivity contribution in [3.63, 3.8) is 0 Å². The first-order valence-corrected chi connectivity index (χ1v) is 6.57. The number of benzene rings is 1. The van der Waals surface area contributed by atoms with Crippen molar-refractivity contribution in [2.24, 2.45) is 7.05 Å². The highest BCUT2D eigenvalue weighted by atomic mass is 16.1. The molecule has 0 aliphatic carbocycles. The highest BCUT2D eigenvalue weighted by Gasteiger charge is 2.06. The quantitative estimate of drug-likeness (QED) is 0.823. The van der Waals surface area contributed by atoms with Crippen LogP contribution in [0.15, 0.2) is 18.2 Å². The lowest BCUT2D eigenvalue weighted by molar-refractivity contribution is -0.117. The third-order valence-electron chi connectivity index (χ3n) is 3.44. The van der Waals surface area contributed by atoms with Gasteiger partial charge in [-0.3, -0.25) is 9.69 Å². The number of hydrogen-bond donors (Lipinski definition) is 0. The zero-order valence-corrected chi connectivity index (χ0v) is 12.1. The molecule has 4 heteroatoms. The lowest BCUT2D eigenvalue weighted by Gasteiger charge is -2.14. The minimum absolute atomic E-state index is 0.207. The Hall–Kier alpha value is -1.68. The minimum atomic E-state index is 0.207. The lowest BCUT2D eigenvalue weighted by Crippen LogP contribution is -2.26. The van der Waals surface area contributed by atoms with E-state index in [-0.39, 0.29) is 5.78 Å². The third-order valence-corrected chi connectivity index (χ3v) is 3.44. The second kappa shape index (κ2) is 5.53. The minimum Gasteiger partial charge on any atom is -0.331 e. The molecule has 0 amide bonds. The smallest absolute Gasteiger partial charge is 0.143 e. The average molecular weight is 259 g/mol. The number of rotatable bonds is 5. The van der Waals surface area contributed by atoms with Crippen LogP contribution in [0.4, 0.5) is 0 Å². The van der Waals surface area contributed by atoms with E-state index in [1.165, 1.54) is 11.1 Å². The first kappa shape index (κ1) is 13.7. The fourth-order valence-electron chi connectivity index (χ4n) is 2.30. The highest BCUT2D eigenvalue weighted by Crippen LogP contribution is 2.16. The van der Waals surface area contributed by atoms with Gasteiger partial charge in [0.05, 0.1) is 17.6 Å². The van der Waals surface area contributed by atoms with Crippen molar-refractivity contribution < 1.29 is 4.79 Å². The number of carbonyl (C=O) groups excluding carboxylic acids is 1. The van der Waals surface area contributed by atoms with Crippen LogP contribution in [-0.4, -0.2) is 40.4 Å². The van der Waals surface area contributed by atoms with Gasteiger partial charge >= 0.3 is 0 Å². The maximum atomic E-state index is 11.0. The first-order valence-electron chi connectivity index (χ1n) is 6.57. The summed E-state index contributed by atoms with van der Waals surface area (Å²) in [7, 11) is 4.01. The predicted molar refractivity (Wildman–Crippen MR) is 77.3 cm³/mol. The van der Waals surface area contributed by atoms with E-state index in [1.54, 1.807) is 6.92 Å². The molecule has 0 aliphatic rings. The second-order valence-electron chi connectivity index (χ2n) is 5.23. The summed E-state index contributed by atoms with van der Waals surface area (Å²) in [5, 5.41) is 0. The fourth-order valence-corrected chi connectivity index (χ4v) is 2.30. The van der Waals surface area contributed by atoms with E-state index >= 15 is 0 Å². The van der Waals surface area contributed by atoms with Crippen molar-refractivity contribution in [2.75, 3.05) is 20.1 Å². The number of hydrogen-bond acceptors (Lipinski definition) is 3. The van der Waals surface area contributed by atoms with Crippen molar-refractivity contribution in [3.05, 3.63) is 29.6 Å². The molecule has 1 aromatic carbocycles. The van der Waals surface area contributed by atoms with E-state index in [2.05, 4.69) is 32.7 Å². The Kier molecular flexibility index (Phi) is 4.00. The molecule has 102 valence electrons. The van der Waals surface area contributed by atoms with Crippen LogP contribution in [-0.2, 0) is 18.3 Å². The molecule has 0 N–H and O–H groups in total. The molecular formula is C15H21N3O. The Morgan fingerprint density at radius 2 is 2.16 bits per heavy atom. The fraction of sp³-hybridized carbons (Fsp3) is 0.467. The molecule has 2 rings (SSSR count). The van der Waals surface area contributed by atoms with Crippen molar-refractivity contribution in [3.8, 4) is 0 Å². The van der Waals surface area contributed by atoms with E-state index in [9.17, 15) is 4.79 Å². The molecule has 0 saturated heterocycles. The van der Waals surface area contributed by atoms with E-state index in [0.29, 0.717) is 6.54 Å². The number of fused-ring (bicyclic) bond motifs is 1. The van der Waals surface area contributed by atoms with E-state index in [4.69, 9.17) is 0 Å². The molecule has 1 aromatic heterocycles. The van der Waals surface area contributed by atoms with Gasteiger partial charge in [0.1, 0.15) is 11.6 Å². The van der Waals surface area contributed by atoms with Gasteiger partial charge < -0.3 is 4.57 Å². The van der Waals surface area contributed by atoms with Crippen molar-refractivity contribution in [1.82, 2.24) is 14.5 Å². The Balaban J connectivity index is 2.07. The van der Waals surface area contributed by atoms with Gasteiger partial charge in [-0.2, -0.15) is 0 Å². The molecule has 0 fully saturated rings. The number of carbonyl (C=O) groups is 1. The van der Waals surface area contributed by atoms with E-state index < -0.39 is 0 Å². The van der Waals surface area contributed by atoms with Gasteiger partial charge in [-0.05, 0) is 45.0 Å². The summed E-state index contributed by atoms with van der Waals surface area (Å²) in [4.78, 5) is 17.6. The number of Topliss-reactive ketones (excluding diaryl/α,β-unsaturated/α-hetero) is 1. The molecule has 0 radical (unpaired) electrons. The standard InChI is InChI=1S/C15H21N3O/c1-11(19)10-17(3)8-7-13-5-6-15-14(9-13)16-12(2)18(15)4/h5-6,9H,7-8,10H2,1-4H3. The van der Waals surface area contributed by atoms with Crippen LogP contribution in [0.3, 0.4) is 0 Å². The zero-order chi connectivity index (χ0) is 14.0. The largest absolute Gasteiger partial charge is 0.331 e. The molecule has 2 aromatic rings. The van der Waals surface area contributed by atoms with Crippen LogP contribution in [0.5, 0.6) is 0 Å². The third kappa shape index (κ3) is 3.20. The molecule has 19 heavy (non-hydrogen) atoms. The van der Waals surface area contributed by atoms with Crippen LogP contribution in [0.1, 0.15) is 18.3 Å². The molecule has 1 heterocycles. The van der Waals surface area contributed by atoms with Gasteiger partial charge in [-0.25, -0.2) is 4.98 Å². The molecule has 0 saturated carbocycles. The summed E-state index contributed by atoms with van der Waals surface area (Å²) < 4.78 is 2.10. The van der Waals surface area contributed by atoms with Crippen LogP contribution in [0.25, 0.3) is 11.0 Å². The molecule has 0 bridgehead atoms. The van der Waals surface area contributed by atoms with E-state index in [1.807, 2.05) is 21.0 Å². The number of nitrogens with zero attached hydrogens (tertiary/aromatic N) is 3. The Bertz CT molecular complexity index is 601. The zero-order valence-electron chi connectivity index (χ0n) is 12.1. The molecular weight excluding hydrogens is 238 g/mol. The molecule has 0 atom stereocenters. The topological polar surface area (TPSA) is 38.1 Å². The van der Waals surface area contributed by atoms with Gasteiger partial charge in [0.25, 0.3) is 0 Å². The second-order valence-corrected chi connectivity index (χ2v) is 5.23. The van der Waals surface area contributed by atoms with Crippen molar-refractivity contribution in [2.45, 2.75) is 20.3 Å². The van der Waals surface area contributed by atoms with Crippen LogP contribution >= 0.6 is 0 Å². The molecule has 0 unspecified atom stereocenters. The average Bonchev–Trinajstić information content (AvgIpc) is 2.61. The number of imidazole rings is 1. The Labute approximate surface area is 114 Å². The Morgan fingerprint density at radius 3 is 2.84 bits per heavy atom. The van der Waals surface area contributed by atoms with Crippen molar-refractivity contribution >= 4 is 16.8 Å². The van der Waals surface area contributed by atoms with Crippen LogP contribution in [0, 0.1) is 6.92 Å². The highest BCUT2D eigenvalue weighted by molar-refractivity contribution is 5.77. The maximum absolute atomic E-state index is 11.0. The summed E-state index contributed by atoms with van der Waals surface area (Å²) in [6.07, 6.45) is 0.940. The summed E-state index contributed by atoms with van der Waals surface area (Å²) in [6.45, 7) is 5.04. The monoisotopic (exact) mass is 259 g/mol. The van der Waals surface area contributed by atoms with Gasteiger partial charge in [-0.1, -0.05) is 6.07 Å². The van der Waals surface area contributed by atoms with Crippen LogP contribution < -0.4 is 0 Å². The number of aromatic nitrogens is 2. The number of likely N-dealkylation sites (N-methyl/N-ethyl adjacent to an activating group) is 1. The van der Waals surface area contributed by atoms with Gasteiger partial charge in [0, 0.05) is 13.6 Å². The summed E-state index contributed by atoms with van der Waals surface area (Å²) in [5.41, 5.74) is 3.48. The molecule has 4 nitrogen and oxygen atoms in total. The summed E-state index contributed by atoms with van der Waals surface area (Å²) in [5.74, 6) is 1.24. The SMILES string of the molecule is CC(=O)CN(C)CCc1ccc2c(c1)nc(C)n2C.